The summed E-state index contributed by atoms with van der Waals surface area (Å²) in [6.07, 6.45) is 5.60. The lowest BCUT2D eigenvalue weighted by atomic mass is 10.2. The Labute approximate surface area is 111 Å². The SMILES string of the molecule is Cc1[nH]ncc1Cn1ccnc1Nc1ccccc1. The Morgan fingerprint density at radius 1 is 1.26 bits per heavy atom. The standard InChI is InChI=1S/C14H15N5/c1-11-12(9-16-18-11)10-19-8-7-15-14(19)17-13-5-3-2-4-6-13/h2-9H,10H2,1H3,(H,15,17)(H,16,18). The van der Waals surface area contributed by atoms with Crippen molar-refractivity contribution in [2.75, 3.05) is 5.32 Å². The smallest absolute Gasteiger partial charge is 0.207 e. The second kappa shape index (κ2) is 4.97. The summed E-state index contributed by atoms with van der Waals surface area (Å²) >= 11 is 0. The summed E-state index contributed by atoms with van der Waals surface area (Å²) < 4.78 is 2.06. The minimum Gasteiger partial charge on any atom is -0.326 e. The minimum atomic E-state index is 0.748. The Bertz CT molecular complexity index is 653. The van der Waals surface area contributed by atoms with Crippen molar-refractivity contribution in [1.29, 1.82) is 0 Å². The third kappa shape index (κ3) is 2.49. The molecule has 0 saturated carbocycles. The van der Waals surface area contributed by atoms with E-state index in [0.717, 1.165) is 29.4 Å². The number of aromatic amines is 1. The van der Waals surface area contributed by atoms with Gasteiger partial charge in [-0.15, -0.1) is 0 Å². The molecule has 2 heterocycles. The van der Waals surface area contributed by atoms with Crippen molar-refractivity contribution in [3.8, 4) is 0 Å². The van der Waals surface area contributed by atoms with E-state index in [1.54, 1.807) is 6.20 Å². The fourth-order valence-electron chi connectivity index (χ4n) is 1.93. The van der Waals surface area contributed by atoms with Gasteiger partial charge in [-0.1, -0.05) is 18.2 Å². The van der Waals surface area contributed by atoms with Gasteiger partial charge < -0.3 is 9.88 Å². The van der Waals surface area contributed by atoms with Gasteiger partial charge in [0.25, 0.3) is 0 Å². The van der Waals surface area contributed by atoms with E-state index >= 15 is 0 Å². The fraction of sp³-hybridized carbons (Fsp3) is 0.143. The number of hydrogen-bond acceptors (Lipinski definition) is 3. The van der Waals surface area contributed by atoms with Crippen LogP contribution in [0.15, 0.2) is 48.9 Å². The molecule has 0 aliphatic rings. The van der Waals surface area contributed by atoms with Crippen LogP contribution in [0, 0.1) is 6.92 Å². The predicted octanol–water partition coefficient (Wildman–Crippen LogP) is 2.71. The number of nitrogens with zero attached hydrogens (tertiary/aromatic N) is 3. The molecule has 0 aliphatic carbocycles. The average molecular weight is 253 g/mol. The van der Waals surface area contributed by atoms with Crippen molar-refractivity contribution in [2.45, 2.75) is 13.5 Å². The molecule has 0 saturated heterocycles. The maximum atomic E-state index is 4.34. The van der Waals surface area contributed by atoms with E-state index in [0.29, 0.717) is 0 Å². The van der Waals surface area contributed by atoms with Crippen LogP contribution in [0.25, 0.3) is 0 Å². The number of para-hydroxylation sites is 1. The van der Waals surface area contributed by atoms with Crippen LogP contribution in [0.1, 0.15) is 11.3 Å². The second-order valence-electron chi connectivity index (χ2n) is 4.39. The number of nitrogens with one attached hydrogen (secondary N) is 2. The molecule has 5 nitrogen and oxygen atoms in total. The van der Waals surface area contributed by atoms with Gasteiger partial charge in [0.15, 0.2) is 0 Å². The Balaban J connectivity index is 1.81. The molecule has 1 aromatic carbocycles. The molecule has 5 heteroatoms. The molecular formula is C14H15N5. The summed E-state index contributed by atoms with van der Waals surface area (Å²) in [6.45, 7) is 2.76. The monoisotopic (exact) mass is 253 g/mol. The summed E-state index contributed by atoms with van der Waals surface area (Å²) in [4.78, 5) is 4.34. The highest BCUT2D eigenvalue weighted by atomic mass is 15.2. The molecule has 0 aliphatic heterocycles. The second-order valence-corrected chi connectivity index (χ2v) is 4.39. The molecule has 96 valence electrons. The van der Waals surface area contributed by atoms with Gasteiger partial charge >= 0.3 is 0 Å². The first-order valence-corrected chi connectivity index (χ1v) is 6.15. The molecule has 0 radical (unpaired) electrons. The molecule has 2 N–H and O–H groups in total. The van der Waals surface area contributed by atoms with E-state index < -0.39 is 0 Å². The first kappa shape index (κ1) is 11.5. The zero-order valence-electron chi connectivity index (χ0n) is 10.7. The molecule has 2 aromatic heterocycles. The van der Waals surface area contributed by atoms with Gasteiger partial charge in [0.1, 0.15) is 0 Å². The van der Waals surface area contributed by atoms with Crippen molar-refractivity contribution >= 4 is 11.6 Å². The van der Waals surface area contributed by atoms with Gasteiger partial charge in [-0.25, -0.2) is 4.98 Å². The summed E-state index contributed by atoms with van der Waals surface area (Å²) in [5, 5.41) is 10.3. The van der Waals surface area contributed by atoms with E-state index in [1.807, 2.05) is 49.6 Å². The molecule has 19 heavy (non-hydrogen) atoms. The van der Waals surface area contributed by atoms with Crippen molar-refractivity contribution < 1.29 is 0 Å². The van der Waals surface area contributed by atoms with Gasteiger partial charge in [0.05, 0.1) is 12.7 Å². The highest BCUT2D eigenvalue weighted by molar-refractivity contribution is 5.53. The molecular weight excluding hydrogens is 238 g/mol. The van der Waals surface area contributed by atoms with Crippen LogP contribution in [-0.2, 0) is 6.54 Å². The molecule has 3 rings (SSSR count). The highest BCUT2D eigenvalue weighted by Crippen LogP contribution is 2.16. The Hall–Kier alpha value is -2.56. The van der Waals surface area contributed by atoms with Gasteiger partial charge in [0, 0.05) is 29.3 Å². The van der Waals surface area contributed by atoms with E-state index in [-0.39, 0.29) is 0 Å². The van der Waals surface area contributed by atoms with Crippen LogP contribution in [-0.4, -0.2) is 19.7 Å². The number of imidazole rings is 1. The number of rotatable bonds is 4. The maximum absolute atomic E-state index is 4.34. The quantitative estimate of drug-likeness (QED) is 0.751. The van der Waals surface area contributed by atoms with Crippen LogP contribution < -0.4 is 5.32 Å². The molecule has 3 aromatic rings. The Kier molecular flexibility index (Phi) is 3.02. The number of H-pyrrole nitrogens is 1. The van der Waals surface area contributed by atoms with E-state index in [9.17, 15) is 0 Å². The third-order valence-corrected chi connectivity index (χ3v) is 3.02. The van der Waals surface area contributed by atoms with Crippen molar-refractivity contribution in [2.24, 2.45) is 0 Å². The molecule has 0 amide bonds. The Morgan fingerprint density at radius 2 is 2.11 bits per heavy atom. The molecule has 0 bridgehead atoms. The predicted molar refractivity (Wildman–Crippen MR) is 74.4 cm³/mol. The normalized spacial score (nSPS) is 10.6. The number of benzene rings is 1. The van der Waals surface area contributed by atoms with Crippen LogP contribution in [0.5, 0.6) is 0 Å². The molecule has 0 fully saturated rings. The summed E-state index contributed by atoms with van der Waals surface area (Å²) in [5.41, 5.74) is 3.27. The average Bonchev–Trinajstić information content (AvgIpc) is 3.02. The molecule has 0 unspecified atom stereocenters. The lowest BCUT2D eigenvalue weighted by Crippen LogP contribution is -2.04. The maximum Gasteiger partial charge on any atom is 0.207 e. The zero-order valence-corrected chi connectivity index (χ0v) is 10.7. The van der Waals surface area contributed by atoms with Crippen molar-refractivity contribution in [3.63, 3.8) is 0 Å². The molecule has 0 spiro atoms. The third-order valence-electron chi connectivity index (χ3n) is 3.02. The number of hydrogen-bond donors (Lipinski definition) is 2. The highest BCUT2D eigenvalue weighted by Gasteiger charge is 2.06. The topological polar surface area (TPSA) is 58.5 Å². The fourth-order valence-corrected chi connectivity index (χ4v) is 1.93. The first-order chi connectivity index (χ1) is 9.33. The van der Waals surface area contributed by atoms with Gasteiger partial charge in [0.2, 0.25) is 5.95 Å². The van der Waals surface area contributed by atoms with Crippen molar-refractivity contribution in [3.05, 3.63) is 60.2 Å². The lowest BCUT2D eigenvalue weighted by Gasteiger charge is -2.09. The molecule has 0 atom stereocenters. The number of aromatic nitrogens is 4. The first-order valence-electron chi connectivity index (χ1n) is 6.15. The van der Waals surface area contributed by atoms with Crippen LogP contribution in [0.2, 0.25) is 0 Å². The van der Waals surface area contributed by atoms with E-state index in [2.05, 4.69) is 25.1 Å². The van der Waals surface area contributed by atoms with Crippen molar-refractivity contribution in [1.82, 2.24) is 19.7 Å². The summed E-state index contributed by atoms with van der Waals surface area (Å²) in [6, 6.07) is 10.0. The summed E-state index contributed by atoms with van der Waals surface area (Å²) in [7, 11) is 0. The largest absolute Gasteiger partial charge is 0.326 e. The summed E-state index contributed by atoms with van der Waals surface area (Å²) in [5.74, 6) is 0.826. The Morgan fingerprint density at radius 3 is 2.84 bits per heavy atom. The van der Waals surface area contributed by atoms with Gasteiger partial charge in [-0.05, 0) is 19.1 Å². The van der Waals surface area contributed by atoms with Crippen LogP contribution in [0.3, 0.4) is 0 Å². The lowest BCUT2D eigenvalue weighted by molar-refractivity contribution is 0.803. The minimum absolute atomic E-state index is 0.748. The number of aryl methyl sites for hydroxylation is 1. The number of anilines is 2. The van der Waals surface area contributed by atoms with Crippen LogP contribution in [0.4, 0.5) is 11.6 Å². The van der Waals surface area contributed by atoms with Gasteiger partial charge in [-0.2, -0.15) is 5.10 Å². The van der Waals surface area contributed by atoms with Gasteiger partial charge in [-0.3, -0.25) is 5.10 Å². The van der Waals surface area contributed by atoms with E-state index in [4.69, 9.17) is 0 Å². The van der Waals surface area contributed by atoms with E-state index in [1.165, 1.54) is 0 Å². The van der Waals surface area contributed by atoms with Crippen LogP contribution >= 0.6 is 0 Å². The zero-order chi connectivity index (χ0) is 13.1.